The highest BCUT2D eigenvalue weighted by Crippen LogP contribution is 2.51. The Bertz CT molecular complexity index is 2080. The molecule has 3 aromatic heterocycles. The number of hydrogen-bond acceptors (Lipinski definition) is 10. The van der Waals surface area contributed by atoms with E-state index < -0.39 is 11.6 Å². The molecule has 0 unspecified atom stereocenters. The summed E-state index contributed by atoms with van der Waals surface area (Å²) >= 11 is 7.78. The molecule has 13 heteroatoms. The van der Waals surface area contributed by atoms with Crippen LogP contribution < -0.4 is 21.1 Å². The fourth-order valence-corrected chi connectivity index (χ4v) is 8.30. The molecule has 5 aromatic rings. The second-order valence-corrected chi connectivity index (χ2v) is 14.2. The van der Waals surface area contributed by atoms with Gasteiger partial charge in [0.15, 0.2) is 5.82 Å². The molecule has 2 aromatic carbocycles. The highest BCUT2D eigenvalue weighted by atomic mass is 35.5. The number of likely N-dealkylation sites (tertiary alicyclic amines) is 1. The Hall–Kier alpha value is -4.31. The van der Waals surface area contributed by atoms with Crippen LogP contribution in [0.1, 0.15) is 49.8 Å². The summed E-state index contributed by atoms with van der Waals surface area (Å²) in [5.74, 6) is -0.546. The molecule has 47 heavy (non-hydrogen) atoms. The van der Waals surface area contributed by atoms with E-state index in [2.05, 4.69) is 21.9 Å². The topological polar surface area (TPSA) is 130 Å². The van der Waals surface area contributed by atoms with E-state index in [0.29, 0.717) is 17.0 Å². The molecule has 1 saturated heterocycles. The van der Waals surface area contributed by atoms with Gasteiger partial charge in [-0.25, -0.2) is 13.8 Å². The summed E-state index contributed by atoms with van der Waals surface area (Å²) in [7, 11) is 3.97. The van der Waals surface area contributed by atoms with Crippen LogP contribution in [0.4, 0.5) is 25.4 Å². The summed E-state index contributed by atoms with van der Waals surface area (Å²) in [5.41, 5.74) is 13.6. The van der Waals surface area contributed by atoms with Crippen molar-refractivity contribution in [3.63, 3.8) is 0 Å². The third-order valence-electron chi connectivity index (χ3n) is 9.92. The molecule has 4 heterocycles. The normalized spacial score (nSPS) is 17.1. The quantitative estimate of drug-likeness (QED) is 0.190. The first-order valence-electron chi connectivity index (χ1n) is 15.4. The Kier molecular flexibility index (Phi) is 7.82. The van der Waals surface area contributed by atoms with Crippen molar-refractivity contribution >= 4 is 60.6 Å². The number of nitrogens with two attached hydrogens (primary N) is 2. The highest BCUT2D eigenvalue weighted by Gasteiger charge is 2.47. The first-order chi connectivity index (χ1) is 22.5. The first-order valence-corrected chi connectivity index (χ1v) is 16.6. The molecular formula is C34H33ClF2N8OS. The molecule has 1 aliphatic carbocycles. The van der Waals surface area contributed by atoms with Gasteiger partial charge in [-0.15, -0.1) is 11.3 Å². The number of anilines is 3. The van der Waals surface area contributed by atoms with E-state index in [0.717, 1.165) is 55.7 Å². The van der Waals surface area contributed by atoms with Gasteiger partial charge >= 0.3 is 6.01 Å². The Morgan fingerprint density at radius 3 is 2.64 bits per heavy atom. The van der Waals surface area contributed by atoms with Crippen LogP contribution in [0, 0.1) is 28.4 Å². The van der Waals surface area contributed by atoms with E-state index in [1.165, 1.54) is 12.1 Å². The molecule has 242 valence electrons. The fraction of sp³-hybridized carbons (Fsp3) is 0.353. The summed E-state index contributed by atoms with van der Waals surface area (Å²) in [4.78, 5) is 17.9. The Morgan fingerprint density at radius 2 is 1.94 bits per heavy atom. The van der Waals surface area contributed by atoms with E-state index in [9.17, 15) is 9.65 Å². The van der Waals surface area contributed by atoms with Crippen LogP contribution in [0.15, 0.2) is 36.5 Å². The zero-order chi connectivity index (χ0) is 33.2. The second kappa shape index (κ2) is 11.7. The van der Waals surface area contributed by atoms with Crippen molar-refractivity contribution in [2.45, 2.75) is 44.8 Å². The zero-order valence-corrected chi connectivity index (χ0v) is 27.7. The fourth-order valence-electron chi connectivity index (χ4n) is 7.05. The molecule has 1 saturated carbocycles. The maximum Gasteiger partial charge on any atom is 0.319 e. The molecule has 0 radical (unpaired) electrons. The van der Waals surface area contributed by atoms with Gasteiger partial charge in [-0.1, -0.05) is 23.7 Å². The molecule has 1 atom stereocenters. The van der Waals surface area contributed by atoms with E-state index in [1.54, 1.807) is 18.3 Å². The van der Waals surface area contributed by atoms with Gasteiger partial charge in [-0.05, 0) is 81.9 Å². The van der Waals surface area contributed by atoms with Gasteiger partial charge in [0.2, 0.25) is 0 Å². The van der Waals surface area contributed by atoms with Crippen LogP contribution in [0.3, 0.4) is 0 Å². The van der Waals surface area contributed by atoms with Gasteiger partial charge in [-0.3, -0.25) is 0 Å². The van der Waals surface area contributed by atoms with Gasteiger partial charge in [-0.2, -0.15) is 15.2 Å². The highest BCUT2D eigenvalue weighted by molar-refractivity contribution is 7.23. The number of ether oxygens (including phenoxy) is 1. The van der Waals surface area contributed by atoms with Gasteiger partial charge in [0, 0.05) is 35.1 Å². The lowest BCUT2D eigenvalue weighted by atomic mass is 9.61. The van der Waals surface area contributed by atoms with Crippen LogP contribution in [0.25, 0.3) is 32.1 Å². The number of thiophene rings is 1. The molecule has 1 aliphatic heterocycles. The second-order valence-electron chi connectivity index (χ2n) is 12.7. The molecule has 0 amide bonds. The minimum atomic E-state index is -0.745. The number of nitriles is 1. The average Bonchev–Trinajstić information content (AvgIpc) is 3.38. The number of hydrogen-bond donors (Lipinski definition) is 2. The van der Waals surface area contributed by atoms with Crippen molar-refractivity contribution in [2.75, 3.05) is 43.6 Å². The van der Waals surface area contributed by atoms with Gasteiger partial charge < -0.3 is 26.0 Å². The zero-order valence-electron chi connectivity index (χ0n) is 26.1. The van der Waals surface area contributed by atoms with Crippen LogP contribution in [-0.2, 0) is 0 Å². The minimum absolute atomic E-state index is 0.0183. The minimum Gasteiger partial charge on any atom is -0.460 e. The number of pyridine rings is 1. The lowest BCUT2D eigenvalue weighted by molar-refractivity contribution is -0.0549. The van der Waals surface area contributed by atoms with Crippen molar-refractivity contribution < 1.29 is 13.5 Å². The lowest BCUT2D eigenvalue weighted by Gasteiger charge is -2.51. The van der Waals surface area contributed by atoms with Crippen molar-refractivity contribution in [1.82, 2.24) is 19.9 Å². The average molecular weight is 675 g/mol. The number of nitrogens with zero attached hydrogens (tertiary/aromatic N) is 6. The maximum atomic E-state index is 17.0. The number of nitrogen functional groups attached to an aromatic ring is 2. The predicted molar refractivity (Wildman–Crippen MR) is 183 cm³/mol. The maximum absolute atomic E-state index is 17.0. The first kappa shape index (κ1) is 31.3. The van der Waals surface area contributed by atoms with Crippen LogP contribution in [0.2, 0.25) is 5.02 Å². The summed E-state index contributed by atoms with van der Waals surface area (Å²) in [6.45, 7) is 4.06. The summed E-state index contributed by atoms with van der Waals surface area (Å²) in [5, 5.41) is 10.6. The predicted octanol–water partition coefficient (Wildman–Crippen LogP) is 7.32. The Morgan fingerprint density at radius 1 is 1.19 bits per heavy atom. The molecule has 4 N–H and O–H groups in total. The number of rotatable bonds is 6. The van der Waals surface area contributed by atoms with E-state index in [-0.39, 0.29) is 65.9 Å². The van der Waals surface area contributed by atoms with Crippen molar-refractivity contribution in [3.8, 4) is 23.2 Å². The summed E-state index contributed by atoms with van der Waals surface area (Å²) in [6, 6.07) is 9.69. The molecule has 2 aliphatic rings. The van der Waals surface area contributed by atoms with Gasteiger partial charge in [0.25, 0.3) is 0 Å². The third kappa shape index (κ3) is 5.26. The number of benzene rings is 2. The van der Waals surface area contributed by atoms with Crippen LogP contribution in [-0.4, -0.2) is 53.1 Å². The Labute approximate surface area is 279 Å². The molecule has 0 bridgehead atoms. The van der Waals surface area contributed by atoms with Crippen molar-refractivity contribution in [2.24, 2.45) is 5.41 Å². The molecule has 2 fully saturated rings. The number of fused-ring (bicyclic) bond motifs is 2. The van der Waals surface area contributed by atoms with Crippen molar-refractivity contribution in [3.05, 3.63) is 64.3 Å². The lowest BCUT2D eigenvalue weighted by Crippen LogP contribution is -2.50. The van der Waals surface area contributed by atoms with Gasteiger partial charge in [0.1, 0.15) is 40.1 Å². The molecular weight excluding hydrogens is 642 g/mol. The van der Waals surface area contributed by atoms with Crippen LogP contribution >= 0.6 is 22.9 Å². The molecule has 9 nitrogen and oxygen atoms in total. The number of aromatic nitrogens is 3. The Balaban J connectivity index is 1.37. The largest absolute Gasteiger partial charge is 0.460 e. The standard InChI is InChI=1S/C34H33ClF2N8OS/c1-17(19-5-4-10-41-30(19)39)45(3)32-21-13-23(35)26(20-6-7-24(36)29-25(20)22(16-38)31(40)47-29)27(37)28(21)42-33(43-32)46-18-14-34(15-18)8-11-44(2)12-9-34/h4-7,10,13,17-18H,8-9,11-12,14-15,40H2,1-3H3,(H2,39,41)/t17-/m1/s1. The monoisotopic (exact) mass is 674 g/mol. The SMILES string of the molecule is C[C@H](c1cccnc1N)N(C)c1nc(OC2CC3(CCN(C)CC3)C2)nc2c(F)c(-c3ccc(F)c4sc(N)c(C#N)c34)c(Cl)cc12. The van der Waals surface area contributed by atoms with Gasteiger partial charge in [0.05, 0.1) is 21.3 Å². The summed E-state index contributed by atoms with van der Waals surface area (Å²) in [6.07, 6.45) is 5.51. The van der Waals surface area contributed by atoms with Crippen LogP contribution in [0.5, 0.6) is 6.01 Å². The molecule has 1 spiro atoms. The van der Waals surface area contributed by atoms with E-state index in [4.69, 9.17) is 32.8 Å². The smallest absolute Gasteiger partial charge is 0.319 e. The third-order valence-corrected chi connectivity index (χ3v) is 11.2. The number of piperidine rings is 1. The summed E-state index contributed by atoms with van der Waals surface area (Å²) < 4.78 is 38.4. The van der Waals surface area contributed by atoms with Crippen molar-refractivity contribution in [1.29, 1.82) is 5.26 Å². The number of halogens is 3. The van der Waals surface area contributed by atoms with E-state index in [1.807, 2.05) is 31.0 Å². The van der Waals surface area contributed by atoms with E-state index >= 15 is 4.39 Å². The molecule has 7 rings (SSSR count).